The van der Waals surface area contributed by atoms with E-state index < -0.39 is 0 Å². The molecule has 0 heterocycles. The molecule has 0 bridgehead atoms. The zero-order valence-corrected chi connectivity index (χ0v) is 13.2. The lowest BCUT2D eigenvalue weighted by atomic mass is 9.93. The van der Waals surface area contributed by atoms with Crippen LogP contribution in [-0.2, 0) is 0 Å². The van der Waals surface area contributed by atoms with Crippen molar-refractivity contribution in [2.24, 2.45) is 5.92 Å². The Balaban J connectivity index is 3.38. The maximum Gasteiger partial charge on any atom is -0.000473 e. The summed E-state index contributed by atoms with van der Waals surface area (Å²) in [6.45, 7) is 2.29. The van der Waals surface area contributed by atoms with Gasteiger partial charge >= 0.3 is 0 Å². The van der Waals surface area contributed by atoms with E-state index in [-0.39, 0.29) is 0 Å². The van der Waals surface area contributed by atoms with Crippen LogP contribution in [0, 0.1) is 5.92 Å². The Kier molecular flexibility index (Phi) is 14.1. The highest BCUT2D eigenvalue weighted by molar-refractivity contribution is 14.1. The lowest BCUT2D eigenvalue weighted by Crippen LogP contribution is -2.01. The van der Waals surface area contributed by atoms with E-state index in [2.05, 4.69) is 42.1 Å². The SMILES string of the molecule is CCCC[C@H](CCS)CCCCCCI. The van der Waals surface area contributed by atoms with E-state index in [4.69, 9.17) is 0 Å². The molecule has 0 saturated carbocycles. The largest absolute Gasteiger partial charge is 0.179 e. The van der Waals surface area contributed by atoms with Crippen LogP contribution in [0.5, 0.6) is 0 Å². The number of halogens is 1. The number of alkyl halides is 1. The zero-order valence-electron chi connectivity index (χ0n) is 10.2. The summed E-state index contributed by atoms with van der Waals surface area (Å²) in [7, 11) is 0. The molecule has 0 fully saturated rings. The summed E-state index contributed by atoms with van der Waals surface area (Å²) in [6, 6.07) is 0. The minimum atomic E-state index is 0.960. The Morgan fingerprint density at radius 2 is 1.60 bits per heavy atom. The van der Waals surface area contributed by atoms with Gasteiger partial charge in [0.15, 0.2) is 0 Å². The highest BCUT2D eigenvalue weighted by Gasteiger charge is 2.06. The fourth-order valence-electron chi connectivity index (χ4n) is 1.99. The third-order valence-corrected chi connectivity index (χ3v) is 4.02. The summed E-state index contributed by atoms with van der Waals surface area (Å²) in [5.74, 6) is 2.03. The van der Waals surface area contributed by atoms with Gasteiger partial charge in [-0.2, -0.15) is 12.6 Å². The molecule has 0 saturated heterocycles. The second-order valence-electron chi connectivity index (χ2n) is 4.41. The van der Waals surface area contributed by atoms with Crippen LogP contribution in [0.1, 0.15) is 64.7 Å². The van der Waals surface area contributed by atoms with Crippen molar-refractivity contribution in [3.8, 4) is 0 Å². The smallest absolute Gasteiger partial charge is 0.000473 e. The van der Waals surface area contributed by atoms with Gasteiger partial charge in [0.25, 0.3) is 0 Å². The first-order chi connectivity index (χ1) is 7.35. The summed E-state index contributed by atoms with van der Waals surface area (Å²) in [6.07, 6.45) is 12.7. The molecule has 0 aliphatic heterocycles. The Bertz CT molecular complexity index is 117. The lowest BCUT2D eigenvalue weighted by molar-refractivity contribution is 0.404. The average molecular weight is 342 g/mol. The number of unbranched alkanes of at least 4 members (excludes halogenated alkanes) is 4. The highest BCUT2D eigenvalue weighted by Crippen LogP contribution is 2.21. The first-order valence-corrected chi connectivity index (χ1v) is 8.67. The molecule has 0 unspecified atom stereocenters. The van der Waals surface area contributed by atoms with E-state index in [0.29, 0.717) is 0 Å². The van der Waals surface area contributed by atoms with Crippen molar-refractivity contribution in [1.29, 1.82) is 0 Å². The van der Waals surface area contributed by atoms with E-state index in [0.717, 1.165) is 11.7 Å². The van der Waals surface area contributed by atoms with Gasteiger partial charge in [0.1, 0.15) is 0 Å². The van der Waals surface area contributed by atoms with E-state index in [1.54, 1.807) is 0 Å². The Hall–Kier alpha value is 1.08. The van der Waals surface area contributed by atoms with Gasteiger partial charge in [0.05, 0.1) is 0 Å². The minimum Gasteiger partial charge on any atom is -0.179 e. The van der Waals surface area contributed by atoms with Crippen LogP contribution in [0.4, 0.5) is 0 Å². The maximum absolute atomic E-state index is 4.36. The number of hydrogen-bond donors (Lipinski definition) is 1. The van der Waals surface area contributed by atoms with Crippen molar-refractivity contribution >= 4 is 35.2 Å². The fraction of sp³-hybridized carbons (Fsp3) is 1.00. The number of rotatable bonds is 11. The molecular weight excluding hydrogens is 315 g/mol. The first-order valence-electron chi connectivity index (χ1n) is 6.52. The van der Waals surface area contributed by atoms with E-state index in [1.807, 2.05) is 0 Å². The molecule has 0 aromatic carbocycles. The fourth-order valence-corrected chi connectivity index (χ4v) is 2.89. The van der Waals surface area contributed by atoms with Gasteiger partial charge in [0.2, 0.25) is 0 Å². The van der Waals surface area contributed by atoms with Crippen LogP contribution < -0.4 is 0 Å². The summed E-state index contributed by atoms with van der Waals surface area (Å²) in [5, 5.41) is 0. The molecule has 0 aliphatic rings. The van der Waals surface area contributed by atoms with E-state index in [9.17, 15) is 0 Å². The Labute approximate surface area is 116 Å². The summed E-state index contributed by atoms with van der Waals surface area (Å²) in [4.78, 5) is 0. The van der Waals surface area contributed by atoms with Gasteiger partial charge in [-0.25, -0.2) is 0 Å². The molecule has 0 aromatic rings. The second-order valence-corrected chi connectivity index (χ2v) is 5.94. The van der Waals surface area contributed by atoms with Crippen LogP contribution in [0.3, 0.4) is 0 Å². The molecule has 0 amide bonds. The van der Waals surface area contributed by atoms with Crippen LogP contribution >= 0.6 is 35.2 Å². The summed E-state index contributed by atoms with van der Waals surface area (Å²) in [5.41, 5.74) is 0. The van der Waals surface area contributed by atoms with Gasteiger partial charge in [-0.3, -0.25) is 0 Å². The van der Waals surface area contributed by atoms with Gasteiger partial charge in [-0.15, -0.1) is 0 Å². The molecule has 92 valence electrons. The topological polar surface area (TPSA) is 0 Å². The lowest BCUT2D eigenvalue weighted by Gasteiger charge is -2.15. The Morgan fingerprint density at radius 1 is 0.933 bits per heavy atom. The number of hydrogen-bond acceptors (Lipinski definition) is 1. The zero-order chi connectivity index (χ0) is 11.4. The maximum atomic E-state index is 4.36. The molecule has 0 nitrogen and oxygen atoms in total. The van der Waals surface area contributed by atoms with Gasteiger partial charge in [-0.1, -0.05) is 74.5 Å². The molecule has 0 spiro atoms. The normalized spacial score (nSPS) is 13.0. The molecule has 0 aromatic heterocycles. The van der Waals surface area contributed by atoms with E-state index in [1.165, 1.54) is 62.2 Å². The monoisotopic (exact) mass is 342 g/mol. The highest BCUT2D eigenvalue weighted by atomic mass is 127. The van der Waals surface area contributed by atoms with E-state index >= 15 is 0 Å². The predicted octanol–water partition coefficient (Wildman–Crippen LogP) is 5.50. The van der Waals surface area contributed by atoms with Crippen molar-refractivity contribution in [3.05, 3.63) is 0 Å². The second kappa shape index (κ2) is 13.1. The van der Waals surface area contributed by atoms with Crippen molar-refractivity contribution in [1.82, 2.24) is 0 Å². The summed E-state index contributed by atoms with van der Waals surface area (Å²) < 4.78 is 1.33. The van der Waals surface area contributed by atoms with Crippen LogP contribution in [0.25, 0.3) is 0 Å². The standard InChI is InChI=1S/C13H27IS/c1-2-3-8-13(10-12-15)9-6-4-5-7-11-14/h13,15H,2-12H2,1H3/t13-/m0/s1. The Morgan fingerprint density at radius 3 is 2.20 bits per heavy atom. The molecular formula is C13H27IS. The van der Waals surface area contributed by atoms with Crippen molar-refractivity contribution in [2.75, 3.05) is 10.2 Å². The molecule has 0 N–H and O–H groups in total. The summed E-state index contributed by atoms with van der Waals surface area (Å²) >= 11 is 6.83. The quantitative estimate of drug-likeness (QED) is 0.218. The van der Waals surface area contributed by atoms with Crippen LogP contribution in [0.15, 0.2) is 0 Å². The predicted molar refractivity (Wildman–Crippen MR) is 83.5 cm³/mol. The van der Waals surface area contributed by atoms with Gasteiger partial charge in [-0.05, 0) is 28.9 Å². The van der Waals surface area contributed by atoms with Crippen molar-refractivity contribution in [3.63, 3.8) is 0 Å². The third kappa shape index (κ3) is 11.3. The average Bonchev–Trinajstić information content (AvgIpc) is 2.25. The molecule has 15 heavy (non-hydrogen) atoms. The minimum absolute atomic E-state index is 0.960. The van der Waals surface area contributed by atoms with Gasteiger partial charge < -0.3 is 0 Å². The first kappa shape index (κ1) is 16.1. The molecule has 1 atom stereocenters. The molecule has 0 radical (unpaired) electrons. The van der Waals surface area contributed by atoms with Crippen LogP contribution in [-0.4, -0.2) is 10.2 Å². The third-order valence-electron chi connectivity index (χ3n) is 3.00. The van der Waals surface area contributed by atoms with Crippen LogP contribution in [0.2, 0.25) is 0 Å². The van der Waals surface area contributed by atoms with Gasteiger partial charge in [0, 0.05) is 0 Å². The molecule has 0 rings (SSSR count). The van der Waals surface area contributed by atoms with Crippen molar-refractivity contribution in [2.45, 2.75) is 64.7 Å². The molecule has 2 heteroatoms. The molecule has 0 aliphatic carbocycles. The van der Waals surface area contributed by atoms with Crippen molar-refractivity contribution < 1.29 is 0 Å². The number of thiol groups is 1.